The van der Waals surface area contributed by atoms with Crippen LogP contribution in [0.25, 0.3) is 0 Å². The summed E-state index contributed by atoms with van der Waals surface area (Å²) in [5, 5.41) is 3.28. The highest BCUT2D eigenvalue weighted by Gasteiger charge is 2.30. The fourth-order valence-electron chi connectivity index (χ4n) is 3.36. The summed E-state index contributed by atoms with van der Waals surface area (Å²) in [5.41, 5.74) is 1.92. The van der Waals surface area contributed by atoms with Gasteiger partial charge in [-0.1, -0.05) is 12.1 Å². The SMILES string of the molecule is Cc1nc(Nc2ncccc2C)cc(C2CCCN2C(=O)/C=C/CN(C)C)n1. The smallest absolute Gasteiger partial charge is 0.246 e. The normalized spacial score (nSPS) is 16.9. The van der Waals surface area contributed by atoms with E-state index < -0.39 is 0 Å². The molecule has 0 aromatic carbocycles. The number of likely N-dealkylation sites (N-methyl/N-ethyl adjacent to an activating group) is 1. The molecule has 0 radical (unpaired) electrons. The minimum Gasteiger partial charge on any atom is -0.331 e. The van der Waals surface area contributed by atoms with Gasteiger partial charge in [0.25, 0.3) is 0 Å². The number of hydrogen-bond donors (Lipinski definition) is 1. The van der Waals surface area contributed by atoms with Gasteiger partial charge in [-0.2, -0.15) is 0 Å². The molecule has 0 bridgehead atoms. The third-order valence-corrected chi connectivity index (χ3v) is 4.72. The van der Waals surface area contributed by atoms with E-state index in [1.807, 2.05) is 62.0 Å². The van der Waals surface area contributed by atoms with Crippen molar-refractivity contribution in [1.29, 1.82) is 0 Å². The predicted octanol–water partition coefficient (Wildman–Crippen LogP) is 3.01. The molecule has 1 unspecified atom stereocenters. The number of carbonyl (C=O) groups excluding carboxylic acids is 1. The topological polar surface area (TPSA) is 74.2 Å². The maximum atomic E-state index is 12.7. The van der Waals surface area contributed by atoms with Crippen LogP contribution in [0.3, 0.4) is 0 Å². The number of hydrogen-bond acceptors (Lipinski definition) is 6. The molecule has 0 spiro atoms. The molecule has 1 aliphatic heterocycles. The number of amides is 1. The van der Waals surface area contributed by atoms with Crippen molar-refractivity contribution < 1.29 is 4.79 Å². The summed E-state index contributed by atoms with van der Waals surface area (Å²) in [4.78, 5) is 30.1. The Kier molecular flexibility index (Phi) is 6.36. The van der Waals surface area contributed by atoms with Crippen molar-refractivity contribution in [3.8, 4) is 0 Å². The van der Waals surface area contributed by atoms with Gasteiger partial charge in [0.05, 0.1) is 11.7 Å². The fraction of sp³-hybridized carbons (Fsp3) is 0.429. The molecule has 1 aliphatic rings. The molecule has 3 rings (SSSR count). The molecule has 7 heteroatoms. The van der Waals surface area contributed by atoms with Crippen LogP contribution in [0.4, 0.5) is 11.6 Å². The molecule has 148 valence electrons. The quantitative estimate of drug-likeness (QED) is 0.777. The van der Waals surface area contributed by atoms with E-state index in [2.05, 4.69) is 20.3 Å². The van der Waals surface area contributed by atoms with Crippen molar-refractivity contribution in [2.45, 2.75) is 32.7 Å². The Morgan fingerprint density at radius 2 is 2.18 bits per heavy atom. The van der Waals surface area contributed by atoms with Gasteiger partial charge in [0.2, 0.25) is 5.91 Å². The molecule has 1 atom stereocenters. The molecule has 2 aromatic heterocycles. The highest BCUT2D eigenvalue weighted by molar-refractivity contribution is 5.88. The van der Waals surface area contributed by atoms with Gasteiger partial charge in [-0.15, -0.1) is 0 Å². The zero-order valence-corrected chi connectivity index (χ0v) is 17.0. The van der Waals surface area contributed by atoms with Gasteiger partial charge in [0.1, 0.15) is 17.5 Å². The summed E-state index contributed by atoms with van der Waals surface area (Å²) < 4.78 is 0. The van der Waals surface area contributed by atoms with Gasteiger partial charge >= 0.3 is 0 Å². The van der Waals surface area contributed by atoms with Crippen molar-refractivity contribution in [2.24, 2.45) is 0 Å². The molecule has 0 saturated carbocycles. The molecule has 1 saturated heterocycles. The van der Waals surface area contributed by atoms with Crippen LogP contribution in [-0.4, -0.2) is 57.8 Å². The van der Waals surface area contributed by atoms with Crippen LogP contribution in [0.1, 0.15) is 36.0 Å². The fourth-order valence-corrected chi connectivity index (χ4v) is 3.36. The molecule has 0 aliphatic carbocycles. The lowest BCUT2D eigenvalue weighted by atomic mass is 10.1. The van der Waals surface area contributed by atoms with Crippen molar-refractivity contribution in [3.63, 3.8) is 0 Å². The summed E-state index contributed by atoms with van der Waals surface area (Å²) in [5.74, 6) is 2.19. The Balaban J connectivity index is 1.80. The molecular formula is C21H28N6O. The molecule has 7 nitrogen and oxygen atoms in total. The van der Waals surface area contributed by atoms with Gasteiger partial charge in [0, 0.05) is 31.4 Å². The maximum absolute atomic E-state index is 12.7. The number of nitrogens with one attached hydrogen (secondary N) is 1. The lowest BCUT2D eigenvalue weighted by Gasteiger charge is -2.23. The number of aromatic nitrogens is 3. The average molecular weight is 380 g/mol. The lowest BCUT2D eigenvalue weighted by Crippen LogP contribution is -2.30. The van der Waals surface area contributed by atoms with Gasteiger partial charge in [0.15, 0.2) is 0 Å². The van der Waals surface area contributed by atoms with Crippen LogP contribution in [-0.2, 0) is 4.79 Å². The van der Waals surface area contributed by atoms with Gasteiger partial charge in [-0.25, -0.2) is 15.0 Å². The average Bonchev–Trinajstić information content (AvgIpc) is 3.13. The summed E-state index contributed by atoms with van der Waals surface area (Å²) in [7, 11) is 3.96. The number of aryl methyl sites for hydroxylation is 2. The van der Waals surface area contributed by atoms with E-state index in [1.165, 1.54) is 0 Å². The first-order chi connectivity index (χ1) is 13.4. The van der Waals surface area contributed by atoms with E-state index in [0.29, 0.717) is 11.6 Å². The second-order valence-electron chi connectivity index (χ2n) is 7.37. The highest BCUT2D eigenvalue weighted by Crippen LogP contribution is 2.32. The van der Waals surface area contributed by atoms with E-state index in [0.717, 1.165) is 43.0 Å². The number of likely N-dealkylation sites (tertiary alicyclic amines) is 1. The lowest BCUT2D eigenvalue weighted by molar-refractivity contribution is -0.127. The van der Waals surface area contributed by atoms with E-state index in [1.54, 1.807) is 12.3 Å². The summed E-state index contributed by atoms with van der Waals surface area (Å²) >= 11 is 0. The molecular weight excluding hydrogens is 352 g/mol. The first-order valence-corrected chi connectivity index (χ1v) is 9.60. The Morgan fingerprint density at radius 1 is 1.36 bits per heavy atom. The van der Waals surface area contributed by atoms with Crippen molar-refractivity contribution >= 4 is 17.5 Å². The number of pyridine rings is 1. The predicted molar refractivity (Wildman–Crippen MR) is 110 cm³/mol. The molecule has 3 heterocycles. The highest BCUT2D eigenvalue weighted by atomic mass is 16.2. The van der Waals surface area contributed by atoms with Crippen molar-refractivity contribution in [3.05, 3.63) is 53.6 Å². The largest absolute Gasteiger partial charge is 0.331 e. The Morgan fingerprint density at radius 3 is 2.93 bits per heavy atom. The zero-order valence-electron chi connectivity index (χ0n) is 17.0. The van der Waals surface area contributed by atoms with E-state index in [4.69, 9.17) is 0 Å². The number of carbonyl (C=O) groups is 1. The number of rotatable bonds is 6. The summed E-state index contributed by atoms with van der Waals surface area (Å²) in [6.07, 6.45) is 7.21. The van der Waals surface area contributed by atoms with Gasteiger partial charge in [-0.05, 0) is 52.4 Å². The molecule has 28 heavy (non-hydrogen) atoms. The van der Waals surface area contributed by atoms with Crippen LogP contribution < -0.4 is 5.32 Å². The minimum atomic E-state index is -0.0245. The number of nitrogens with zero attached hydrogens (tertiary/aromatic N) is 5. The minimum absolute atomic E-state index is 0.0245. The summed E-state index contributed by atoms with van der Waals surface area (Å²) in [6.45, 7) is 5.37. The molecule has 1 N–H and O–H groups in total. The van der Waals surface area contributed by atoms with Crippen LogP contribution in [0.5, 0.6) is 0 Å². The molecule has 1 fully saturated rings. The molecule has 1 amide bonds. The third kappa shape index (κ3) is 4.92. The Labute approximate surface area is 166 Å². The monoisotopic (exact) mass is 380 g/mol. The van der Waals surface area contributed by atoms with Crippen LogP contribution in [0.15, 0.2) is 36.5 Å². The first-order valence-electron chi connectivity index (χ1n) is 9.60. The van der Waals surface area contributed by atoms with Crippen molar-refractivity contribution in [2.75, 3.05) is 32.5 Å². The van der Waals surface area contributed by atoms with E-state index >= 15 is 0 Å². The van der Waals surface area contributed by atoms with E-state index in [-0.39, 0.29) is 11.9 Å². The summed E-state index contributed by atoms with van der Waals surface area (Å²) in [6, 6.07) is 5.81. The Bertz CT molecular complexity index is 864. The Hall–Kier alpha value is -2.80. The second-order valence-corrected chi connectivity index (χ2v) is 7.37. The first kappa shape index (κ1) is 19.9. The van der Waals surface area contributed by atoms with Crippen LogP contribution >= 0.6 is 0 Å². The van der Waals surface area contributed by atoms with Crippen LogP contribution in [0.2, 0.25) is 0 Å². The van der Waals surface area contributed by atoms with Gasteiger partial charge < -0.3 is 15.1 Å². The zero-order chi connectivity index (χ0) is 20.1. The van der Waals surface area contributed by atoms with Crippen molar-refractivity contribution in [1.82, 2.24) is 24.8 Å². The van der Waals surface area contributed by atoms with Crippen LogP contribution in [0, 0.1) is 13.8 Å². The van der Waals surface area contributed by atoms with Gasteiger partial charge in [-0.3, -0.25) is 4.79 Å². The van der Waals surface area contributed by atoms with E-state index in [9.17, 15) is 4.79 Å². The maximum Gasteiger partial charge on any atom is 0.246 e. The third-order valence-electron chi connectivity index (χ3n) is 4.72. The number of anilines is 2. The standard InChI is InChI=1S/C21H28N6O/c1-15-8-5-11-22-21(15)25-19-14-17(23-16(2)24-19)18-9-6-13-27(18)20(28)10-7-12-26(3)4/h5,7-8,10-11,14,18H,6,9,12-13H2,1-4H3,(H,22,23,24,25)/b10-7+. The second kappa shape index (κ2) is 8.93. The molecule has 2 aromatic rings.